The molecule has 0 aromatic rings. The van der Waals surface area contributed by atoms with Crippen molar-refractivity contribution in [3.63, 3.8) is 0 Å². The van der Waals surface area contributed by atoms with Crippen molar-refractivity contribution in [2.45, 2.75) is 64.6 Å². The van der Waals surface area contributed by atoms with Gasteiger partial charge in [-0.2, -0.15) is 0 Å². The lowest BCUT2D eigenvalue weighted by atomic mass is 9.98. The molecule has 1 rings (SSSR count). The summed E-state index contributed by atoms with van der Waals surface area (Å²) in [6.45, 7) is 10.4. The molecule has 0 radical (unpaired) electrons. The second-order valence-corrected chi connectivity index (χ2v) is 6.22. The van der Waals surface area contributed by atoms with E-state index in [1.54, 1.807) is 0 Å². The first kappa shape index (κ1) is 15.4. The molecular formula is C14H28N2O2. The zero-order chi connectivity index (χ0) is 13.8. The van der Waals surface area contributed by atoms with Gasteiger partial charge in [-0.3, -0.25) is 9.69 Å². The number of piperidine rings is 1. The van der Waals surface area contributed by atoms with Crippen LogP contribution in [0.1, 0.15) is 47.0 Å². The van der Waals surface area contributed by atoms with Crippen LogP contribution in [-0.4, -0.2) is 48.7 Å². The number of rotatable bonds is 4. The minimum absolute atomic E-state index is 0.123. The van der Waals surface area contributed by atoms with E-state index in [0.717, 1.165) is 19.5 Å². The fourth-order valence-electron chi connectivity index (χ4n) is 2.48. The molecule has 0 saturated carbocycles. The van der Waals surface area contributed by atoms with Crippen LogP contribution in [0.2, 0.25) is 0 Å². The van der Waals surface area contributed by atoms with Crippen molar-refractivity contribution in [2.24, 2.45) is 0 Å². The highest BCUT2D eigenvalue weighted by Gasteiger charge is 2.31. The van der Waals surface area contributed by atoms with Gasteiger partial charge in [-0.25, -0.2) is 0 Å². The van der Waals surface area contributed by atoms with Gasteiger partial charge >= 0.3 is 5.97 Å². The van der Waals surface area contributed by atoms with Gasteiger partial charge in [0.25, 0.3) is 0 Å². The molecule has 0 aromatic heterocycles. The molecule has 106 valence electrons. The molecule has 1 aliphatic heterocycles. The predicted octanol–water partition coefficient (Wildman–Crippen LogP) is 1.79. The van der Waals surface area contributed by atoms with Gasteiger partial charge < -0.3 is 10.1 Å². The number of nitrogens with one attached hydrogen (secondary N) is 1. The Labute approximate surface area is 111 Å². The number of nitrogens with zero attached hydrogens (tertiary/aromatic N) is 1. The molecule has 1 saturated heterocycles. The number of hydrogen-bond donors (Lipinski definition) is 1. The third-order valence-corrected chi connectivity index (χ3v) is 3.58. The van der Waals surface area contributed by atoms with E-state index < -0.39 is 0 Å². The van der Waals surface area contributed by atoms with Gasteiger partial charge in [-0.1, -0.05) is 6.42 Å². The molecule has 0 aromatic carbocycles. The summed E-state index contributed by atoms with van der Waals surface area (Å²) in [5.41, 5.74) is 0.123. The lowest BCUT2D eigenvalue weighted by molar-refractivity contribution is -0.147. The van der Waals surface area contributed by atoms with Crippen LogP contribution in [0.4, 0.5) is 0 Å². The summed E-state index contributed by atoms with van der Waals surface area (Å²) in [6, 6.07) is 0.300. The molecule has 1 aliphatic rings. The van der Waals surface area contributed by atoms with E-state index in [2.05, 4.69) is 31.0 Å². The first-order chi connectivity index (χ1) is 8.35. The fourth-order valence-corrected chi connectivity index (χ4v) is 2.48. The van der Waals surface area contributed by atoms with E-state index in [0.29, 0.717) is 6.04 Å². The molecule has 4 nitrogen and oxygen atoms in total. The highest BCUT2D eigenvalue weighted by molar-refractivity contribution is 5.75. The molecule has 0 aliphatic carbocycles. The third-order valence-electron chi connectivity index (χ3n) is 3.58. The van der Waals surface area contributed by atoms with Gasteiger partial charge in [0, 0.05) is 18.1 Å². The van der Waals surface area contributed by atoms with Crippen molar-refractivity contribution in [1.29, 1.82) is 0 Å². The Balaban J connectivity index is 2.59. The molecule has 0 amide bonds. The van der Waals surface area contributed by atoms with Gasteiger partial charge in [0.1, 0.15) is 6.04 Å². The first-order valence-electron chi connectivity index (χ1n) is 6.94. The van der Waals surface area contributed by atoms with E-state index in [-0.39, 0.29) is 17.6 Å². The van der Waals surface area contributed by atoms with Gasteiger partial charge in [0.15, 0.2) is 0 Å². The van der Waals surface area contributed by atoms with Crippen molar-refractivity contribution in [3.8, 4) is 0 Å². The summed E-state index contributed by atoms with van der Waals surface area (Å²) in [7, 11) is 1.46. The van der Waals surface area contributed by atoms with Crippen molar-refractivity contribution >= 4 is 5.97 Å². The summed E-state index contributed by atoms with van der Waals surface area (Å²) >= 11 is 0. The van der Waals surface area contributed by atoms with Gasteiger partial charge in [-0.05, 0) is 47.1 Å². The molecular weight excluding hydrogens is 228 g/mol. The average Bonchev–Trinajstić information content (AvgIpc) is 2.34. The van der Waals surface area contributed by atoms with Crippen molar-refractivity contribution < 1.29 is 9.53 Å². The smallest absolute Gasteiger partial charge is 0.322 e. The Kier molecular flexibility index (Phi) is 5.60. The number of likely N-dealkylation sites (tertiary alicyclic amines) is 1. The summed E-state index contributed by atoms with van der Waals surface area (Å²) in [4.78, 5) is 14.0. The Morgan fingerprint density at radius 2 is 2.11 bits per heavy atom. The quantitative estimate of drug-likeness (QED) is 0.779. The maximum absolute atomic E-state index is 11.7. The minimum atomic E-state index is -0.137. The number of carbonyl (C=O) groups excluding carboxylic acids is 1. The van der Waals surface area contributed by atoms with Crippen LogP contribution in [0.15, 0.2) is 0 Å². The molecule has 18 heavy (non-hydrogen) atoms. The summed E-state index contributed by atoms with van der Waals surface area (Å²) in [5, 5.41) is 3.54. The molecule has 2 unspecified atom stereocenters. The van der Waals surface area contributed by atoms with Crippen molar-refractivity contribution in [2.75, 3.05) is 20.2 Å². The van der Waals surface area contributed by atoms with E-state index in [1.165, 1.54) is 20.0 Å². The van der Waals surface area contributed by atoms with Gasteiger partial charge in [0.2, 0.25) is 0 Å². The largest absolute Gasteiger partial charge is 0.468 e. The van der Waals surface area contributed by atoms with Crippen LogP contribution in [0.25, 0.3) is 0 Å². The van der Waals surface area contributed by atoms with E-state index >= 15 is 0 Å². The highest BCUT2D eigenvalue weighted by Crippen LogP contribution is 2.20. The lowest BCUT2D eigenvalue weighted by Gasteiger charge is -2.40. The Morgan fingerprint density at radius 3 is 2.67 bits per heavy atom. The Morgan fingerprint density at radius 1 is 1.44 bits per heavy atom. The first-order valence-corrected chi connectivity index (χ1v) is 6.94. The molecule has 4 heteroatoms. The molecule has 1 heterocycles. The zero-order valence-corrected chi connectivity index (χ0v) is 12.5. The Bertz CT molecular complexity index is 273. The molecule has 0 bridgehead atoms. The van der Waals surface area contributed by atoms with Gasteiger partial charge in [0.05, 0.1) is 7.11 Å². The number of hydrogen-bond acceptors (Lipinski definition) is 4. The van der Waals surface area contributed by atoms with Crippen LogP contribution >= 0.6 is 0 Å². The van der Waals surface area contributed by atoms with Crippen LogP contribution in [-0.2, 0) is 9.53 Å². The average molecular weight is 256 g/mol. The second kappa shape index (κ2) is 6.53. The zero-order valence-electron chi connectivity index (χ0n) is 12.5. The number of methoxy groups -OCH3 is 1. The van der Waals surface area contributed by atoms with Crippen molar-refractivity contribution in [1.82, 2.24) is 10.2 Å². The summed E-state index contributed by atoms with van der Waals surface area (Å²) in [5.74, 6) is -0.127. The van der Waals surface area contributed by atoms with E-state index in [4.69, 9.17) is 4.74 Å². The lowest BCUT2D eigenvalue weighted by Crippen LogP contribution is -2.54. The summed E-state index contributed by atoms with van der Waals surface area (Å²) in [6.07, 6.45) is 3.58. The normalized spacial score (nSPS) is 23.7. The number of esters is 1. The predicted molar refractivity (Wildman–Crippen MR) is 73.6 cm³/mol. The molecule has 2 atom stereocenters. The standard InChI is InChI=1S/C14H28N2O2/c1-11(13(17)18-5)16-9-7-6-8-12(16)10-15-14(2,3)4/h11-12,15H,6-10H2,1-5H3. The van der Waals surface area contributed by atoms with Crippen LogP contribution in [0, 0.1) is 0 Å². The minimum Gasteiger partial charge on any atom is -0.468 e. The SMILES string of the molecule is COC(=O)C(C)N1CCCCC1CNC(C)(C)C. The van der Waals surface area contributed by atoms with Crippen LogP contribution in [0.3, 0.4) is 0 Å². The van der Waals surface area contributed by atoms with Gasteiger partial charge in [-0.15, -0.1) is 0 Å². The maximum Gasteiger partial charge on any atom is 0.322 e. The van der Waals surface area contributed by atoms with E-state index in [1.807, 2.05) is 6.92 Å². The Hall–Kier alpha value is -0.610. The molecule has 0 spiro atoms. The van der Waals surface area contributed by atoms with Crippen molar-refractivity contribution in [3.05, 3.63) is 0 Å². The third kappa shape index (κ3) is 4.58. The monoisotopic (exact) mass is 256 g/mol. The summed E-state index contributed by atoms with van der Waals surface area (Å²) < 4.78 is 4.86. The second-order valence-electron chi connectivity index (χ2n) is 6.22. The molecule has 1 fully saturated rings. The van der Waals surface area contributed by atoms with Crippen LogP contribution in [0.5, 0.6) is 0 Å². The fraction of sp³-hybridized carbons (Fsp3) is 0.929. The maximum atomic E-state index is 11.7. The number of ether oxygens (including phenoxy) is 1. The van der Waals surface area contributed by atoms with Crippen LogP contribution < -0.4 is 5.32 Å². The number of carbonyl (C=O) groups is 1. The topological polar surface area (TPSA) is 41.6 Å². The van der Waals surface area contributed by atoms with E-state index in [9.17, 15) is 4.79 Å². The molecule has 1 N–H and O–H groups in total. The highest BCUT2D eigenvalue weighted by atomic mass is 16.5.